The van der Waals surface area contributed by atoms with Crippen LogP contribution in [0.1, 0.15) is 13.3 Å². The third kappa shape index (κ3) is 5.36. The molecule has 2 aromatic rings. The average molecular weight is 329 g/mol. The van der Waals surface area contributed by atoms with Gasteiger partial charge < -0.3 is 20.5 Å². The van der Waals surface area contributed by atoms with Gasteiger partial charge in [0.1, 0.15) is 11.9 Å². The normalized spacial score (nSPS) is 11.4. The molecular weight excluding hydrogens is 310 g/mol. The second kappa shape index (κ2) is 8.64. The van der Waals surface area contributed by atoms with Crippen LogP contribution in [0.2, 0.25) is 0 Å². The second-order valence-electron chi connectivity index (χ2n) is 4.94. The fourth-order valence-electron chi connectivity index (χ4n) is 1.91. The Morgan fingerprint density at radius 3 is 2.54 bits per heavy atom. The number of hydrogen-bond donors (Lipinski definition) is 3. The summed E-state index contributed by atoms with van der Waals surface area (Å²) in [6.45, 7) is 1.86. The molecule has 0 aliphatic heterocycles. The van der Waals surface area contributed by atoms with Crippen molar-refractivity contribution in [2.24, 2.45) is 0 Å². The Kier molecular flexibility index (Phi) is 6.27. The molecule has 126 valence electrons. The highest BCUT2D eigenvalue weighted by Gasteiger charge is 2.19. The summed E-state index contributed by atoms with van der Waals surface area (Å²) in [4.78, 5) is 27.2. The SMILES string of the molecule is CCOC(=O)C[C@H](O)C(=O)Nc1ccc(Nc2ccccc2)nc1. The fourth-order valence-corrected chi connectivity index (χ4v) is 1.91. The number of nitrogens with zero attached hydrogens (tertiary/aromatic N) is 1. The number of aliphatic hydroxyl groups is 1. The lowest BCUT2D eigenvalue weighted by Gasteiger charge is -2.11. The first-order valence-electron chi connectivity index (χ1n) is 7.51. The van der Waals surface area contributed by atoms with E-state index in [1.165, 1.54) is 6.20 Å². The first kappa shape index (κ1) is 17.4. The highest BCUT2D eigenvalue weighted by molar-refractivity contribution is 5.96. The molecule has 1 aromatic carbocycles. The van der Waals surface area contributed by atoms with E-state index in [4.69, 9.17) is 0 Å². The molecule has 1 aromatic heterocycles. The van der Waals surface area contributed by atoms with Gasteiger partial charge in [-0.05, 0) is 31.2 Å². The number of anilines is 3. The summed E-state index contributed by atoms with van der Waals surface area (Å²) in [5.41, 5.74) is 1.31. The lowest BCUT2D eigenvalue weighted by Crippen LogP contribution is -2.30. The molecule has 0 saturated heterocycles. The summed E-state index contributed by atoms with van der Waals surface area (Å²) in [5, 5.41) is 15.3. The number of esters is 1. The van der Waals surface area contributed by atoms with Crippen molar-refractivity contribution in [3.63, 3.8) is 0 Å². The zero-order chi connectivity index (χ0) is 17.4. The molecule has 0 aliphatic rings. The Hall–Kier alpha value is -2.93. The molecule has 1 heterocycles. The highest BCUT2D eigenvalue weighted by Crippen LogP contribution is 2.16. The van der Waals surface area contributed by atoms with Crippen molar-refractivity contribution in [2.45, 2.75) is 19.4 Å². The van der Waals surface area contributed by atoms with Crippen LogP contribution in [0, 0.1) is 0 Å². The van der Waals surface area contributed by atoms with Crippen molar-refractivity contribution in [1.82, 2.24) is 4.98 Å². The number of benzene rings is 1. The summed E-state index contributed by atoms with van der Waals surface area (Å²) in [6, 6.07) is 12.9. The Bertz CT molecular complexity index is 674. The number of aromatic nitrogens is 1. The van der Waals surface area contributed by atoms with Crippen molar-refractivity contribution in [3.05, 3.63) is 48.7 Å². The van der Waals surface area contributed by atoms with Crippen molar-refractivity contribution < 1.29 is 19.4 Å². The highest BCUT2D eigenvalue weighted by atomic mass is 16.5. The summed E-state index contributed by atoms with van der Waals surface area (Å²) >= 11 is 0. The maximum Gasteiger partial charge on any atom is 0.308 e. The van der Waals surface area contributed by atoms with Gasteiger partial charge in [-0.1, -0.05) is 18.2 Å². The average Bonchev–Trinajstić information content (AvgIpc) is 2.57. The van der Waals surface area contributed by atoms with Gasteiger partial charge in [0.2, 0.25) is 0 Å². The smallest absolute Gasteiger partial charge is 0.308 e. The minimum Gasteiger partial charge on any atom is -0.466 e. The van der Waals surface area contributed by atoms with Gasteiger partial charge >= 0.3 is 5.97 Å². The molecular formula is C17H19N3O4. The van der Waals surface area contributed by atoms with E-state index in [0.29, 0.717) is 11.5 Å². The van der Waals surface area contributed by atoms with Gasteiger partial charge in [-0.3, -0.25) is 9.59 Å². The molecule has 24 heavy (non-hydrogen) atoms. The quantitative estimate of drug-likeness (QED) is 0.672. The zero-order valence-electron chi connectivity index (χ0n) is 13.2. The number of para-hydroxylation sites is 1. The van der Waals surface area contributed by atoms with E-state index in [1.807, 2.05) is 30.3 Å². The summed E-state index contributed by atoms with van der Waals surface area (Å²) in [6.07, 6.45) is -0.396. The van der Waals surface area contributed by atoms with E-state index in [1.54, 1.807) is 19.1 Å². The van der Waals surface area contributed by atoms with Crippen LogP contribution in [0.4, 0.5) is 17.2 Å². The van der Waals surface area contributed by atoms with Gasteiger partial charge in [-0.2, -0.15) is 0 Å². The summed E-state index contributed by atoms with van der Waals surface area (Å²) in [5.74, 6) is -0.694. The van der Waals surface area contributed by atoms with E-state index >= 15 is 0 Å². The number of pyridine rings is 1. The molecule has 1 atom stereocenters. The molecule has 0 bridgehead atoms. The molecule has 0 radical (unpaired) electrons. The number of aliphatic hydroxyl groups excluding tert-OH is 1. The van der Waals surface area contributed by atoms with Crippen LogP contribution in [0.25, 0.3) is 0 Å². The lowest BCUT2D eigenvalue weighted by atomic mass is 10.2. The molecule has 7 heteroatoms. The first-order chi connectivity index (χ1) is 11.6. The predicted octanol–water partition coefficient (Wildman–Crippen LogP) is 2.08. The Balaban J connectivity index is 1.89. The van der Waals surface area contributed by atoms with E-state index in [9.17, 15) is 14.7 Å². The number of ether oxygens (including phenoxy) is 1. The van der Waals surface area contributed by atoms with Crippen LogP contribution in [0.3, 0.4) is 0 Å². The largest absolute Gasteiger partial charge is 0.466 e. The molecule has 0 unspecified atom stereocenters. The molecule has 3 N–H and O–H groups in total. The zero-order valence-corrected chi connectivity index (χ0v) is 13.2. The van der Waals surface area contributed by atoms with Crippen LogP contribution < -0.4 is 10.6 Å². The van der Waals surface area contributed by atoms with Gasteiger partial charge in [0.05, 0.1) is 24.9 Å². The summed E-state index contributed by atoms with van der Waals surface area (Å²) < 4.78 is 4.69. The maximum absolute atomic E-state index is 11.8. The molecule has 0 spiro atoms. The number of carbonyl (C=O) groups is 2. The van der Waals surface area contributed by atoms with E-state index < -0.39 is 18.0 Å². The van der Waals surface area contributed by atoms with E-state index in [-0.39, 0.29) is 13.0 Å². The standard InChI is InChI=1S/C17H19N3O4/c1-2-24-16(22)10-14(21)17(23)20-13-8-9-15(18-11-13)19-12-6-4-3-5-7-12/h3-9,11,14,21H,2,10H2,1H3,(H,18,19)(H,20,23)/t14-/m0/s1. The third-order valence-corrected chi connectivity index (χ3v) is 3.05. The second-order valence-corrected chi connectivity index (χ2v) is 4.94. The minimum atomic E-state index is -1.47. The van der Waals surface area contributed by atoms with Gasteiger partial charge in [0.15, 0.2) is 0 Å². The molecule has 7 nitrogen and oxygen atoms in total. The first-order valence-corrected chi connectivity index (χ1v) is 7.51. The van der Waals surface area contributed by atoms with Gasteiger partial charge in [0, 0.05) is 5.69 Å². The Morgan fingerprint density at radius 1 is 1.17 bits per heavy atom. The van der Waals surface area contributed by atoms with Crippen LogP contribution in [0.5, 0.6) is 0 Å². The van der Waals surface area contributed by atoms with Crippen molar-refractivity contribution in [2.75, 3.05) is 17.2 Å². The monoisotopic (exact) mass is 329 g/mol. The number of amides is 1. The van der Waals surface area contributed by atoms with Crippen LogP contribution in [0.15, 0.2) is 48.7 Å². The Labute approximate surface area is 139 Å². The van der Waals surface area contributed by atoms with Crippen molar-refractivity contribution >= 4 is 29.1 Å². The Morgan fingerprint density at radius 2 is 1.92 bits per heavy atom. The molecule has 0 saturated carbocycles. The number of rotatable bonds is 7. The van der Waals surface area contributed by atoms with E-state index in [0.717, 1.165) is 5.69 Å². The molecule has 1 amide bonds. The topological polar surface area (TPSA) is 101 Å². The fraction of sp³-hybridized carbons (Fsp3) is 0.235. The summed E-state index contributed by atoms with van der Waals surface area (Å²) in [7, 11) is 0. The number of nitrogens with one attached hydrogen (secondary N) is 2. The van der Waals surface area contributed by atoms with Crippen molar-refractivity contribution in [1.29, 1.82) is 0 Å². The number of carbonyl (C=O) groups excluding carboxylic acids is 2. The molecule has 2 rings (SSSR count). The van der Waals surface area contributed by atoms with Crippen molar-refractivity contribution in [3.8, 4) is 0 Å². The maximum atomic E-state index is 11.8. The third-order valence-electron chi connectivity index (χ3n) is 3.05. The van der Waals surface area contributed by atoms with Gasteiger partial charge in [0.25, 0.3) is 5.91 Å². The van der Waals surface area contributed by atoms with Gasteiger partial charge in [-0.15, -0.1) is 0 Å². The molecule has 0 aliphatic carbocycles. The lowest BCUT2D eigenvalue weighted by molar-refractivity contribution is -0.147. The minimum absolute atomic E-state index is 0.201. The van der Waals surface area contributed by atoms with Crippen LogP contribution in [-0.4, -0.2) is 34.7 Å². The van der Waals surface area contributed by atoms with Crippen LogP contribution in [-0.2, 0) is 14.3 Å². The predicted molar refractivity (Wildman–Crippen MR) is 89.8 cm³/mol. The van der Waals surface area contributed by atoms with E-state index in [2.05, 4.69) is 20.4 Å². The molecule has 0 fully saturated rings. The van der Waals surface area contributed by atoms with Gasteiger partial charge in [-0.25, -0.2) is 4.98 Å². The number of hydrogen-bond acceptors (Lipinski definition) is 6. The van der Waals surface area contributed by atoms with Crippen LogP contribution >= 0.6 is 0 Å².